The molecule has 0 saturated carbocycles. The number of para-hydroxylation sites is 1. The number of nitrogens with zero attached hydrogens (tertiary/aromatic N) is 3. The van der Waals surface area contributed by atoms with Crippen LogP contribution in [0, 0.1) is 0 Å². The first-order valence-electron chi connectivity index (χ1n) is 9.14. The molecule has 0 radical (unpaired) electrons. The number of carbonyl (C=O) groups is 2. The van der Waals surface area contributed by atoms with Crippen LogP contribution in [0.25, 0.3) is 0 Å². The fourth-order valence-corrected chi connectivity index (χ4v) is 3.48. The third-order valence-corrected chi connectivity index (χ3v) is 4.88. The van der Waals surface area contributed by atoms with Crippen molar-refractivity contribution in [2.45, 2.75) is 26.3 Å². The second-order valence-corrected chi connectivity index (χ2v) is 6.90. The van der Waals surface area contributed by atoms with Gasteiger partial charge in [0, 0.05) is 29.0 Å². The van der Waals surface area contributed by atoms with Gasteiger partial charge in [-0.1, -0.05) is 18.2 Å². The number of fused-ring (bicyclic) bond motifs is 1. The summed E-state index contributed by atoms with van der Waals surface area (Å²) in [6.07, 6.45) is 2.22. The summed E-state index contributed by atoms with van der Waals surface area (Å²) in [5.74, 6) is 0.394. The Morgan fingerprint density at radius 1 is 1.07 bits per heavy atom. The number of hydrogen-bond donors (Lipinski definition) is 1. The van der Waals surface area contributed by atoms with Gasteiger partial charge in [0.15, 0.2) is 5.78 Å². The Hall–Kier alpha value is -3.54. The molecule has 6 nitrogen and oxygen atoms in total. The molecule has 1 amide bonds. The smallest absolute Gasteiger partial charge is 0.277 e. The maximum absolute atomic E-state index is 13.1. The molecule has 1 unspecified atom stereocenters. The van der Waals surface area contributed by atoms with Crippen molar-refractivity contribution in [1.29, 1.82) is 0 Å². The SMILES string of the molecule is CC(=O)c1ccc(Nc2cc(C(=O)N3c4ccccc4CC3C)ncn2)cc1. The zero-order valence-electron chi connectivity index (χ0n) is 15.7. The zero-order chi connectivity index (χ0) is 19.7. The van der Waals surface area contributed by atoms with E-state index in [1.165, 1.54) is 18.8 Å². The van der Waals surface area contributed by atoms with Gasteiger partial charge in [0.1, 0.15) is 17.8 Å². The van der Waals surface area contributed by atoms with Gasteiger partial charge in [0.05, 0.1) is 0 Å². The lowest BCUT2D eigenvalue weighted by Gasteiger charge is -2.22. The number of rotatable bonds is 4. The average molecular weight is 372 g/mol. The molecule has 28 heavy (non-hydrogen) atoms. The lowest BCUT2D eigenvalue weighted by Crippen LogP contribution is -2.36. The molecule has 0 spiro atoms. The van der Waals surface area contributed by atoms with Gasteiger partial charge in [0.25, 0.3) is 5.91 Å². The number of Topliss-reactive ketones (excluding diaryl/α,β-unsaturated/α-hetero) is 1. The Bertz CT molecular complexity index is 1050. The van der Waals surface area contributed by atoms with Crippen LogP contribution in [-0.4, -0.2) is 27.7 Å². The maximum atomic E-state index is 13.1. The van der Waals surface area contributed by atoms with Gasteiger partial charge >= 0.3 is 0 Å². The molecule has 6 heteroatoms. The summed E-state index contributed by atoms with van der Waals surface area (Å²) in [6.45, 7) is 3.57. The summed E-state index contributed by atoms with van der Waals surface area (Å²) >= 11 is 0. The van der Waals surface area contributed by atoms with E-state index in [2.05, 4.69) is 21.4 Å². The number of ketones is 1. The van der Waals surface area contributed by atoms with Crippen LogP contribution in [-0.2, 0) is 6.42 Å². The summed E-state index contributed by atoms with van der Waals surface area (Å²) in [5, 5.41) is 3.15. The first-order valence-corrected chi connectivity index (χ1v) is 9.14. The predicted molar refractivity (Wildman–Crippen MR) is 108 cm³/mol. The minimum absolute atomic E-state index is 0.0153. The Kier molecular flexibility index (Phi) is 4.61. The lowest BCUT2D eigenvalue weighted by atomic mass is 10.1. The van der Waals surface area contributed by atoms with E-state index in [0.717, 1.165) is 17.8 Å². The largest absolute Gasteiger partial charge is 0.340 e. The van der Waals surface area contributed by atoms with Gasteiger partial charge in [-0.2, -0.15) is 0 Å². The van der Waals surface area contributed by atoms with Crippen LogP contribution >= 0.6 is 0 Å². The number of anilines is 3. The third kappa shape index (κ3) is 3.36. The van der Waals surface area contributed by atoms with Gasteiger partial charge in [-0.3, -0.25) is 9.59 Å². The molecule has 0 aliphatic carbocycles. The highest BCUT2D eigenvalue weighted by Crippen LogP contribution is 2.33. The van der Waals surface area contributed by atoms with Crippen molar-refractivity contribution in [2.24, 2.45) is 0 Å². The maximum Gasteiger partial charge on any atom is 0.277 e. The van der Waals surface area contributed by atoms with Crippen LogP contribution < -0.4 is 10.2 Å². The monoisotopic (exact) mass is 372 g/mol. The highest BCUT2D eigenvalue weighted by molar-refractivity contribution is 6.06. The van der Waals surface area contributed by atoms with Crippen LogP contribution in [0.5, 0.6) is 0 Å². The number of amides is 1. The standard InChI is InChI=1S/C22H20N4O2/c1-14-11-17-5-3-4-6-20(17)26(14)22(28)19-12-21(24-13-23-19)25-18-9-7-16(8-10-18)15(2)27/h3-10,12-14H,11H2,1-2H3,(H,23,24,25). The van der Waals surface area contributed by atoms with Crippen molar-refractivity contribution >= 4 is 28.9 Å². The van der Waals surface area contributed by atoms with Crippen LogP contribution in [0.1, 0.15) is 40.3 Å². The normalized spacial score (nSPS) is 15.2. The van der Waals surface area contributed by atoms with Crippen molar-refractivity contribution in [2.75, 3.05) is 10.2 Å². The minimum atomic E-state index is -0.144. The molecule has 0 saturated heterocycles. The molecular formula is C22H20N4O2. The first kappa shape index (κ1) is 17.9. The molecular weight excluding hydrogens is 352 g/mol. The quantitative estimate of drug-likeness (QED) is 0.700. The van der Waals surface area contributed by atoms with E-state index < -0.39 is 0 Å². The van der Waals surface area contributed by atoms with Crippen molar-refractivity contribution in [1.82, 2.24) is 9.97 Å². The number of carbonyl (C=O) groups excluding carboxylic acids is 2. The molecule has 1 atom stereocenters. The Labute approximate surface area is 163 Å². The van der Waals surface area contributed by atoms with Crippen LogP contribution in [0.4, 0.5) is 17.2 Å². The van der Waals surface area contributed by atoms with E-state index in [4.69, 9.17) is 0 Å². The summed E-state index contributed by atoms with van der Waals surface area (Å²) in [5.41, 5.74) is 3.86. The fraction of sp³-hybridized carbons (Fsp3) is 0.182. The topological polar surface area (TPSA) is 75.2 Å². The molecule has 4 rings (SSSR count). The number of hydrogen-bond acceptors (Lipinski definition) is 5. The predicted octanol–water partition coefficient (Wildman–Crippen LogP) is 4.01. The molecule has 1 aliphatic heterocycles. The molecule has 1 N–H and O–H groups in total. The average Bonchev–Trinajstić information content (AvgIpc) is 3.03. The Balaban J connectivity index is 1.57. The van der Waals surface area contributed by atoms with E-state index in [9.17, 15) is 9.59 Å². The summed E-state index contributed by atoms with van der Waals surface area (Å²) in [4.78, 5) is 34.7. The van der Waals surface area contributed by atoms with E-state index in [-0.39, 0.29) is 17.7 Å². The van der Waals surface area contributed by atoms with E-state index in [1.807, 2.05) is 25.1 Å². The van der Waals surface area contributed by atoms with Gasteiger partial charge in [-0.05, 0) is 56.2 Å². The first-order chi connectivity index (χ1) is 13.5. The molecule has 3 aromatic rings. The molecule has 1 aromatic heterocycles. The molecule has 2 heterocycles. The lowest BCUT2D eigenvalue weighted by molar-refractivity contribution is 0.0975. The van der Waals surface area contributed by atoms with Crippen LogP contribution in [0.15, 0.2) is 60.9 Å². The number of aromatic nitrogens is 2. The van der Waals surface area contributed by atoms with Gasteiger partial charge in [-0.25, -0.2) is 9.97 Å². The van der Waals surface area contributed by atoms with Gasteiger partial charge in [-0.15, -0.1) is 0 Å². The van der Waals surface area contributed by atoms with E-state index >= 15 is 0 Å². The molecule has 140 valence electrons. The fourth-order valence-electron chi connectivity index (χ4n) is 3.48. The minimum Gasteiger partial charge on any atom is -0.340 e. The molecule has 1 aliphatic rings. The van der Waals surface area contributed by atoms with Gasteiger partial charge in [0.2, 0.25) is 0 Å². The van der Waals surface area contributed by atoms with Crippen molar-refractivity contribution in [3.63, 3.8) is 0 Å². The van der Waals surface area contributed by atoms with Crippen molar-refractivity contribution in [3.8, 4) is 0 Å². The molecule has 0 bridgehead atoms. The second-order valence-electron chi connectivity index (χ2n) is 6.90. The Morgan fingerprint density at radius 3 is 2.57 bits per heavy atom. The number of benzene rings is 2. The summed E-state index contributed by atoms with van der Waals surface area (Å²) in [7, 11) is 0. The summed E-state index contributed by atoms with van der Waals surface area (Å²) in [6, 6.07) is 16.8. The molecule has 0 fully saturated rings. The Morgan fingerprint density at radius 2 is 1.82 bits per heavy atom. The highest BCUT2D eigenvalue weighted by atomic mass is 16.2. The third-order valence-electron chi connectivity index (χ3n) is 4.88. The van der Waals surface area contributed by atoms with E-state index in [1.54, 1.807) is 35.2 Å². The van der Waals surface area contributed by atoms with Crippen LogP contribution in [0.3, 0.4) is 0 Å². The zero-order valence-corrected chi connectivity index (χ0v) is 15.7. The molecule has 2 aromatic carbocycles. The number of nitrogens with one attached hydrogen (secondary N) is 1. The van der Waals surface area contributed by atoms with Gasteiger partial charge < -0.3 is 10.2 Å². The van der Waals surface area contributed by atoms with Crippen molar-refractivity contribution < 1.29 is 9.59 Å². The van der Waals surface area contributed by atoms with E-state index in [0.29, 0.717) is 17.1 Å². The second kappa shape index (κ2) is 7.23. The van der Waals surface area contributed by atoms with Crippen LogP contribution in [0.2, 0.25) is 0 Å². The summed E-state index contributed by atoms with van der Waals surface area (Å²) < 4.78 is 0. The highest BCUT2D eigenvalue weighted by Gasteiger charge is 2.31. The van der Waals surface area contributed by atoms with Crippen molar-refractivity contribution in [3.05, 3.63) is 77.7 Å².